The fourth-order valence-corrected chi connectivity index (χ4v) is 6.52. The maximum atomic E-state index is 6.78. The highest BCUT2D eigenvalue weighted by atomic mass is 16.4. The van der Waals surface area contributed by atoms with E-state index in [2.05, 4.69) is 120 Å². The van der Waals surface area contributed by atoms with E-state index in [0.29, 0.717) is 11.5 Å². The Labute approximate surface area is 271 Å². The number of hydrogen-bond donors (Lipinski definition) is 0. The highest BCUT2D eigenvalue weighted by Crippen LogP contribution is 2.50. The molecule has 0 N–H and O–H groups in total. The standard InChI is InChI=1S/C43H28N2O2/c1-5-15-29(16-6-1)32-25-26-37(35(27-32)30-17-7-2-8-18-30)45(33-21-11-4-12-22-33)41-40-34-23-13-14-24-38(34)46-39(40)28-36-42(41)47-43(44-36)31-19-9-3-10-20-31/h1-28H. The first kappa shape index (κ1) is 27.0. The number of oxazole rings is 1. The summed E-state index contributed by atoms with van der Waals surface area (Å²) in [6, 6.07) is 58.5. The molecular weight excluding hydrogens is 576 g/mol. The number of aromatic nitrogens is 1. The fraction of sp³-hybridized carbons (Fsp3) is 0. The maximum absolute atomic E-state index is 6.78. The molecule has 9 rings (SSSR count). The van der Waals surface area contributed by atoms with Crippen molar-refractivity contribution in [2.45, 2.75) is 0 Å². The first-order chi connectivity index (χ1) is 23.3. The van der Waals surface area contributed by atoms with Crippen LogP contribution >= 0.6 is 0 Å². The van der Waals surface area contributed by atoms with Gasteiger partial charge in [0.25, 0.3) is 0 Å². The molecule has 4 nitrogen and oxygen atoms in total. The summed E-state index contributed by atoms with van der Waals surface area (Å²) in [5.41, 5.74) is 11.3. The Morgan fingerprint density at radius 2 is 1.09 bits per heavy atom. The number of fused-ring (bicyclic) bond motifs is 4. The minimum absolute atomic E-state index is 0.564. The van der Waals surface area contributed by atoms with Crippen LogP contribution in [0.4, 0.5) is 17.1 Å². The molecule has 0 bridgehead atoms. The molecule has 222 valence electrons. The fourth-order valence-electron chi connectivity index (χ4n) is 6.52. The highest BCUT2D eigenvalue weighted by Gasteiger charge is 2.28. The van der Waals surface area contributed by atoms with Crippen LogP contribution in [0, 0.1) is 0 Å². The minimum atomic E-state index is 0.564. The van der Waals surface area contributed by atoms with Crippen LogP contribution in [-0.4, -0.2) is 4.98 Å². The number of nitrogens with zero attached hydrogens (tertiary/aromatic N) is 2. The summed E-state index contributed by atoms with van der Waals surface area (Å²) in [5, 5.41) is 1.99. The van der Waals surface area contributed by atoms with Gasteiger partial charge < -0.3 is 13.7 Å². The van der Waals surface area contributed by atoms with Crippen molar-refractivity contribution >= 4 is 50.1 Å². The van der Waals surface area contributed by atoms with Gasteiger partial charge in [-0.25, -0.2) is 4.98 Å². The minimum Gasteiger partial charge on any atom is -0.456 e. The van der Waals surface area contributed by atoms with Gasteiger partial charge in [-0.2, -0.15) is 0 Å². The number of benzene rings is 7. The average Bonchev–Trinajstić information content (AvgIpc) is 3.75. The zero-order chi connectivity index (χ0) is 31.2. The van der Waals surface area contributed by atoms with Gasteiger partial charge in [-0.3, -0.25) is 0 Å². The van der Waals surface area contributed by atoms with Crippen LogP contribution in [0.1, 0.15) is 0 Å². The van der Waals surface area contributed by atoms with Crippen molar-refractivity contribution in [3.63, 3.8) is 0 Å². The van der Waals surface area contributed by atoms with E-state index in [9.17, 15) is 0 Å². The van der Waals surface area contributed by atoms with Crippen molar-refractivity contribution in [3.8, 4) is 33.7 Å². The summed E-state index contributed by atoms with van der Waals surface area (Å²) < 4.78 is 13.3. The Morgan fingerprint density at radius 1 is 0.468 bits per heavy atom. The molecule has 0 fully saturated rings. The third kappa shape index (κ3) is 4.66. The van der Waals surface area contributed by atoms with E-state index in [1.54, 1.807) is 0 Å². The lowest BCUT2D eigenvalue weighted by atomic mass is 9.96. The van der Waals surface area contributed by atoms with Crippen LogP contribution in [0.25, 0.3) is 66.7 Å². The molecule has 0 saturated carbocycles. The number of anilines is 3. The number of para-hydroxylation sites is 2. The molecule has 4 heteroatoms. The van der Waals surface area contributed by atoms with Gasteiger partial charge in [-0.05, 0) is 59.2 Å². The van der Waals surface area contributed by atoms with Crippen LogP contribution in [0.3, 0.4) is 0 Å². The summed E-state index contributed by atoms with van der Waals surface area (Å²) >= 11 is 0. The van der Waals surface area contributed by atoms with Gasteiger partial charge in [0, 0.05) is 28.3 Å². The Bertz CT molecular complexity index is 2500. The third-order valence-electron chi connectivity index (χ3n) is 8.68. The molecule has 0 aliphatic rings. The first-order valence-electron chi connectivity index (χ1n) is 15.7. The molecule has 0 amide bonds. The van der Waals surface area contributed by atoms with Crippen molar-refractivity contribution in [1.29, 1.82) is 0 Å². The molecular formula is C43H28N2O2. The topological polar surface area (TPSA) is 42.4 Å². The van der Waals surface area contributed by atoms with Crippen molar-refractivity contribution in [2.75, 3.05) is 4.90 Å². The second-order valence-corrected chi connectivity index (χ2v) is 11.6. The number of rotatable bonds is 6. The Balaban J connectivity index is 1.41. The Hall–Kier alpha value is -6.39. The molecule has 0 unspecified atom stereocenters. The Kier molecular flexibility index (Phi) is 6.43. The summed E-state index contributed by atoms with van der Waals surface area (Å²) in [6.07, 6.45) is 0. The van der Waals surface area contributed by atoms with Crippen molar-refractivity contribution in [3.05, 3.63) is 170 Å². The second kappa shape index (κ2) is 11.2. The van der Waals surface area contributed by atoms with Crippen LogP contribution in [0.5, 0.6) is 0 Å². The van der Waals surface area contributed by atoms with Gasteiger partial charge in [-0.1, -0.05) is 121 Å². The average molecular weight is 605 g/mol. The summed E-state index contributed by atoms with van der Waals surface area (Å²) in [4.78, 5) is 7.32. The van der Waals surface area contributed by atoms with Gasteiger partial charge in [0.05, 0.1) is 11.1 Å². The molecule has 47 heavy (non-hydrogen) atoms. The van der Waals surface area contributed by atoms with Crippen LogP contribution < -0.4 is 4.90 Å². The molecule has 7 aromatic carbocycles. The smallest absolute Gasteiger partial charge is 0.227 e. The zero-order valence-corrected chi connectivity index (χ0v) is 25.4. The van der Waals surface area contributed by atoms with Crippen molar-refractivity contribution < 1.29 is 8.83 Å². The van der Waals surface area contributed by atoms with Gasteiger partial charge >= 0.3 is 0 Å². The molecule has 2 aromatic heterocycles. The molecule has 0 atom stereocenters. The van der Waals surface area contributed by atoms with Gasteiger partial charge in [0.1, 0.15) is 22.4 Å². The lowest BCUT2D eigenvalue weighted by Gasteiger charge is -2.29. The van der Waals surface area contributed by atoms with Crippen LogP contribution in [-0.2, 0) is 0 Å². The molecule has 0 spiro atoms. The monoisotopic (exact) mass is 604 g/mol. The first-order valence-corrected chi connectivity index (χ1v) is 15.7. The number of furan rings is 1. The zero-order valence-electron chi connectivity index (χ0n) is 25.4. The van der Waals surface area contributed by atoms with Crippen LogP contribution in [0.15, 0.2) is 179 Å². The highest BCUT2D eigenvalue weighted by molar-refractivity contribution is 6.20. The number of hydrogen-bond acceptors (Lipinski definition) is 4. The lowest BCUT2D eigenvalue weighted by Crippen LogP contribution is -2.12. The van der Waals surface area contributed by atoms with Crippen LogP contribution in [0.2, 0.25) is 0 Å². The predicted octanol–water partition coefficient (Wildman–Crippen LogP) is 12.2. The quantitative estimate of drug-likeness (QED) is 0.189. The SMILES string of the molecule is c1ccc(-c2ccc(N(c3ccccc3)c3c4oc(-c5ccccc5)nc4cc4oc5ccccc5c34)c(-c3ccccc3)c2)cc1. The van der Waals surface area contributed by atoms with E-state index in [0.717, 1.165) is 72.3 Å². The van der Waals surface area contributed by atoms with E-state index < -0.39 is 0 Å². The lowest BCUT2D eigenvalue weighted by molar-refractivity contribution is 0.620. The van der Waals surface area contributed by atoms with Crippen molar-refractivity contribution in [2.24, 2.45) is 0 Å². The second-order valence-electron chi connectivity index (χ2n) is 11.6. The Morgan fingerprint density at radius 3 is 1.81 bits per heavy atom. The van der Waals surface area contributed by atoms with Gasteiger partial charge in [0.2, 0.25) is 5.89 Å². The molecule has 2 heterocycles. The summed E-state index contributed by atoms with van der Waals surface area (Å²) in [7, 11) is 0. The molecule has 9 aromatic rings. The normalized spacial score (nSPS) is 11.4. The van der Waals surface area contributed by atoms with E-state index in [1.807, 2.05) is 54.6 Å². The largest absolute Gasteiger partial charge is 0.456 e. The molecule has 0 aliphatic carbocycles. The summed E-state index contributed by atoms with van der Waals surface area (Å²) in [5.74, 6) is 0.564. The third-order valence-corrected chi connectivity index (χ3v) is 8.68. The van der Waals surface area contributed by atoms with E-state index >= 15 is 0 Å². The van der Waals surface area contributed by atoms with Crippen molar-refractivity contribution in [1.82, 2.24) is 4.98 Å². The van der Waals surface area contributed by atoms with Gasteiger partial charge in [-0.15, -0.1) is 0 Å². The predicted molar refractivity (Wildman–Crippen MR) is 192 cm³/mol. The molecule has 0 radical (unpaired) electrons. The molecule has 0 saturated heterocycles. The summed E-state index contributed by atoms with van der Waals surface area (Å²) in [6.45, 7) is 0. The molecule has 0 aliphatic heterocycles. The van der Waals surface area contributed by atoms with E-state index in [-0.39, 0.29) is 0 Å². The van der Waals surface area contributed by atoms with Gasteiger partial charge in [0.15, 0.2) is 5.58 Å². The van der Waals surface area contributed by atoms with E-state index in [4.69, 9.17) is 13.8 Å². The maximum Gasteiger partial charge on any atom is 0.227 e. The van der Waals surface area contributed by atoms with E-state index in [1.165, 1.54) is 0 Å².